The Morgan fingerprint density at radius 1 is 0.345 bits per heavy atom. The summed E-state index contributed by atoms with van der Waals surface area (Å²) in [5.74, 6) is 2.68. The molecule has 0 aliphatic rings. The van der Waals surface area contributed by atoms with E-state index >= 15 is 0 Å². The molecule has 0 atom stereocenters. The normalized spacial score (nSPS) is 10.5. The van der Waals surface area contributed by atoms with Crippen molar-refractivity contribution in [2.24, 2.45) is 0 Å². The fraction of sp³-hybridized carbons (Fsp3) is 0.200. The van der Waals surface area contributed by atoms with E-state index in [1.807, 2.05) is 36.4 Å². The lowest BCUT2D eigenvalue weighted by molar-refractivity contribution is 0.0625. The molecule has 8 heterocycles. The van der Waals surface area contributed by atoms with Crippen LogP contribution >= 0.6 is 0 Å². The molecule has 0 amide bonds. The molecule has 18 heteroatoms. The van der Waals surface area contributed by atoms with Crippen molar-refractivity contribution in [3.8, 4) is 0 Å². The summed E-state index contributed by atoms with van der Waals surface area (Å²) in [7, 11) is -1.67. The Balaban J connectivity index is 0.000000166. The number of aliphatic hydroxyl groups excluding tert-OH is 2. The topological polar surface area (TPSA) is 201 Å². The van der Waals surface area contributed by atoms with E-state index in [0.717, 1.165) is 22.3 Å². The highest BCUT2D eigenvalue weighted by molar-refractivity contribution is 6.36. The minimum Gasteiger partial charge on any atom is -0.472 e. The molecule has 0 unspecified atom stereocenters. The van der Waals surface area contributed by atoms with Gasteiger partial charge in [-0.25, -0.2) is 0 Å². The Morgan fingerprint density at radius 3 is 0.879 bits per heavy atom. The van der Waals surface area contributed by atoms with Crippen molar-refractivity contribution in [3.05, 3.63) is 193 Å². The monoisotopic (exact) mass is 800 g/mol. The molecule has 0 aromatic carbocycles. The van der Waals surface area contributed by atoms with Gasteiger partial charge in [0.2, 0.25) is 0 Å². The van der Waals surface area contributed by atoms with Crippen LogP contribution in [-0.2, 0) is 80.8 Å². The van der Waals surface area contributed by atoms with Gasteiger partial charge in [-0.2, -0.15) is 0 Å². The van der Waals surface area contributed by atoms with Crippen molar-refractivity contribution in [3.63, 3.8) is 0 Å². The van der Waals surface area contributed by atoms with E-state index in [9.17, 15) is 0 Å². The first-order valence-electron chi connectivity index (χ1n) is 17.7. The zero-order valence-electron chi connectivity index (χ0n) is 31.3. The van der Waals surface area contributed by atoms with Gasteiger partial charge in [-0.3, -0.25) is 0 Å². The molecular weight excluding hydrogens is 758 g/mol. The van der Waals surface area contributed by atoms with Crippen molar-refractivity contribution >= 4 is 14.6 Å². The third-order valence-electron chi connectivity index (χ3n) is 7.22. The van der Waals surface area contributed by atoms with Gasteiger partial charge in [0.05, 0.1) is 121 Å². The molecule has 2 N–H and O–H groups in total. The molecule has 58 heavy (non-hydrogen) atoms. The molecule has 0 spiro atoms. The lowest BCUT2D eigenvalue weighted by atomic mass is 10.2. The Labute approximate surface area is 333 Å². The largest absolute Gasteiger partial charge is 0.640 e. The lowest BCUT2D eigenvalue weighted by Gasteiger charge is -2.13. The van der Waals surface area contributed by atoms with Crippen LogP contribution in [0.25, 0.3) is 0 Å². The minimum absolute atomic E-state index is 0.00694. The van der Waals surface area contributed by atoms with Crippen LogP contribution in [0.2, 0.25) is 0 Å². The van der Waals surface area contributed by atoms with E-state index in [1.165, 1.54) is 18.8 Å². The molecule has 0 saturated carbocycles. The first kappa shape index (κ1) is 43.2. The number of hydrogen-bond donors (Lipinski definition) is 2. The van der Waals surface area contributed by atoms with Crippen molar-refractivity contribution in [2.45, 2.75) is 52.9 Å². The molecular formula is C40H42B2O16. The van der Waals surface area contributed by atoms with Gasteiger partial charge in [-0.1, -0.05) is 0 Å². The summed E-state index contributed by atoms with van der Waals surface area (Å²) < 4.78 is 73.5. The van der Waals surface area contributed by atoms with Gasteiger partial charge in [0.1, 0.15) is 29.6 Å². The Kier molecular flexibility index (Phi) is 19.4. The summed E-state index contributed by atoms with van der Waals surface area (Å²) in [6, 6.07) is 21.5. The molecule has 8 aromatic heterocycles. The minimum atomic E-state index is -0.861. The van der Waals surface area contributed by atoms with Crippen LogP contribution in [0.4, 0.5) is 0 Å². The van der Waals surface area contributed by atoms with Gasteiger partial charge in [-0.15, -0.1) is 0 Å². The first-order valence-corrected chi connectivity index (χ1v) is 17.7. The van der Waals surface area contributed by atoms with Gasteiger partial charge >= 0.3 is 14.6 Å². The Hall–Kier alpha value is -5.95. The maximum atomic E-state index is 8.37. The second-order valence-corrected chi connectivity index (χ2v) is 11.6. The second-order valence-electron chi connectivity index (χ2n) is 11.6. The molecule has 0 aliphatic heterocycles. The zero-order chi connectivity index (χ0) is 40.3. The smallest absolute Gasteiger partial charge is 0.472 e. The molecule has 0 radical (unpaired) electrons. The Bertz CT molecular complexity index is 1680. The number of rotatable bonds is 20. The summed E-state index contributed by atoms with van der Waals surface area (Å²) in [5.41, 5.74) is 3.54. The quantitative estimate of drug-likeness (QED) is 0.0696. The van der Waals surface area contributed by atoms with Crippen LogP contribution < -0.4 is 0 Å². The van der Waals surface area contributed by atoms with Gasteiger partial charge in [0.25, 0.3) is 0 Å². The maximum absolute atomic E-state index is 8.37. The molecule has 0 bridgehead atoms. The molecule has 8 rings (SSSR count). The van der Waals surface area contributed by atoms with Crippen molar-refractivity contribution in [1.29, 1.82) is 0 Å². The van der Waals surface area contributed by atoms with E-state index < -0.39 is 14.6 Å². The summed E-state index contributed by atoms with van der Waals surface area (Å²) in [6.45, 7) is 1.78. The molecule has 8 aromatic rings. The fourth-order valence-electron chi connectivity index (χ4n) is 4.33. The number of hydrogen-bond acceptors (Lipinski definition) is 16. The van der Waals surface area contributed by atoms with Gasteiger partial charge in [0.15, 0.2) is 0 Å². The highest BCUT2D eigenvalue weighted by Crippen LogP contribution is 2.12. The SMILES string of the molecule is OCc1ccco1.OCc1ccoc1.c1cc(COB(OCc2ccoc2)OCc2ccoc2)co1.c1coc(COB(OCc2ccco2)OCc2ccco2)c1. The van der Waals surface area contributed by atoms with Crippen LogP contribution in [0.15, 0.2) is 183 Å². The van der Waals surface area contributed by atoms with Crippen LogP contribution in [0.3, 0.4) is 0 Å². The lowest BCUT2D eigenvalue weighted by Crippen LogP contribution is -2.26. The second kappa shape index (κ2) is 26.1. The van der Waals surface area contributed by atoms with Crippen LogP contribution in [0.5, 0.6) is 0 Å². The molecule has 0 saturated heterocycles. The maximum Gasteiger partial charge on any atom is 0.640 e. The van der Waals surface area contributed by atoms with E-state index in [4.69, 9.17) is 69.1 Å². The summed E-state index contributed by atoms with van der Waals surface area (Å²) in [6.07, 6.45) is 18.9. The average molecular weight is 800 g/mol. The van der Waals surface area contributed by atoms with Gasteiger partial charge in [0, 0.05) is 22.3 Å². The molecule has 0 fully saturated rings. The van der Waals surface area contributed by atoms with Crippen molar-refractivity contribution < 1.29 is 73.5 Å². The third-order valence-corrected chi connectivity index (χ3v) is 7.22. The van der Waals surface area contributed by atoms with Crippen LogP contribution in [0.1, 0.15) is 45.3 Å². The van der Waals surface area contributed by atoms with Crippen LogP contribution in [-0.4, -0.2) is 24.9 Å². The van der Waals surface area contributed by atoms with E-state index in [2.05, 4.69) is 4.42 Å². The number of aliphatic hydroxyl groups is 2. The first-order chi connectivity index (χ1) is 28.7. The van der Waals surface area contributed by atoms with Gasteiger partial charge < -0.3 is 73.5 Å². The van der Waals surface area contributed by atoms with E-state index in [1.54, 1.807) is 92.8 Å². The highest BCUT2D eigenvalue weighted by Gasteiger charge is 2.24. The third kappa shape index (κ3) is 17.0. The predicted molar refractivity (Wildman–Crippen MR) is 202 cm³/mol. The zero-order valence-corrected chi connectivity index (χ0v) is 31.3. The number of furan rings is 8. The standard InChI is InChI=1S/2C15H15BO6.2C5H6O2/c1-4-17-7-13(1)10-20-16(21-11-14-2-5-18-8-14)22-12-15-3-6-19-9-15;1-4-13(17-7-1)10-20-16(21-11-14-5-2-8-18-14)22-12-15-6-3-9-19-15;6-3-5-1-2-7-4-5;6-4-5-2-1-3-7-5/h2*1-9H,10-12H2;1-2,4,6H,3H2;1-3,6H,4H2. The van der Waals surface area contributed by atoms with Gasteiger partial charge in [-0.05, 0) is 72.8 Å². The van der Waals surface area contributed by atoms with E-state index in [-0.39, 0.29) is 33.0 Å². The predicted octanol–water partition coefficient (Wildman–Crippen LogP) is 8.35. The van der Waals surface area contributed by atoms with Crippen molar-refractivity contribution in [1.82, 2.24) is 0 Å². The summed E-state index contributed by atoms with van der Waals surface area (Å²) in [5, 5.41) is 16.7. The summed E-state index contributed by atoms with van der Waals surface area (Å²) in [4.78, 5) is 0. The molecule has 16 nitrogen and oxygen atoms in total. The fourth-order valence-corrected chi connectivity index (χ4v) is 4.33. The molecule has 304 valence electrons. The molecule has 0 aliphatic carbocycles. The average Bonchev–Trinajstić information content (AvgIpc) is 4.12. The van der Waals surface area contributed by atoms with Crippen LogP contribution in [0, 0.1) is 0 Å². The highest BCUT2D eigenvalue weighted by atomic mass is 16.7. The summed E-state index contributed by atoms with van der Waals surface area (Å²) >= 11 is 0. The Morgan fingerprint density at radius 2 is 0.655 bits per heavy atom. The van der Waals surface area contributed by atoms with Crippen molar-refractivity contribution in [2.75, 3.05) is 0 Å². The van der Waals surface area contributed by atoms with E-state index in [0.29, 0.717) is 42.9 Å².